The van der Waals surface area contributed by atoms with E-state index in [9.17, 15) is 13.2 Å². The van der Waals surface area contributed by atoms with Crippen LogP contribution in [0.1, 0.15) is 0 Å². The van der Waals surface area contributed by atoms with Gasteiger partial charge in [-0.05, 0) is 60.7 Å². The summed E-state index contributed by atoms with van der Waals surface area (Å²) in [5, 5.41) is 8.35. The van der Waals surface area contributed by atoms with Gasteiger partial charge < -0.3 is 4.74 Å². The van der Waals surface area contributed by atoms with Crippen LogP contribution in [0, 0.1) is 0 Å². The largest absolute Gasteiger partial charge is 0.462 e. The number of benzene rings is 3. The Morgan fingerprint density at radius 3 is 2.00 bits per heavy atom. The van der Waals surface area contributed by atoms with Crippen molar-refractivity contribution in [3.8, 4) is 0 Å². The van der Waals surface area contributed by atoms with Gasteiger partial charge in [0, 0.05) is 16.7 Å². The summed E-state index contributed by atoms with van der Waals surface area (Å²) in [4.78, 5) is 12.5. The van der Waals surface area contributed by atoms with Gasteiger partial charge >= 0.3 is 5.97 Å². The summed E-state index contributed by atoms with van der Waals surface area (Å²) < 4.78 is 30.2. The van der Waals surface area contributed by atoms with Gasteiger partial charge in [0.2, 0.25) is 9.84 Å². The average Bonchev–Trinajstić information content (AvgIpc) is 2.82. The molecule has 0 aliphatic heterocycles. The zero-order valence-corrected chi connectivity index (χ0v) is 18.2. The Labute approximate surface area is 185 Å². The van der Waals surface area contributed by atoms with Gasteiger partial charge in [0.15, 0.2) is 0 Å². The van der Waals surface area contributed by atoms with Crippen molar-refractivity contribution < 1.29 is 17.9 Å². The van der Waals surface area contributed by atoms with Gasteiger partial charge in [-0.2, -0.15) is 10.2 Å². The van der Waals surface area contributed by atoms with Crippen LogP contribution in [-0.4, -0.2) is 26.7 Å². The van der Waals surface area contributed by atoms with Crippen molar-refractivity contribution in [1.82, 2.24) is 0 Å². The molecule has 31 heavy (non-hydrogen) atoms. The van der Waals surface area contributed by atoms with Gasteiger partial charge in [-0.1, -0.05) is 24.8 Å². The SMILES string of the molecule is C=CC(=O)OCCSc1ccc(N=Nc2ccc(S(=O)(=O)c3ccccc3)cc2)cc1. The summed E-state index contributed by atoms with van der Waals surface area (Å²) in [5.41, 5.74) is 1.22. The lowest BCUT2D eigenvalue weighted by atomic mass is 10.3. The minimum Gasteiger partial charge on any atom is -0.462 e. The Kier molecular flexibility index (Phi) is 7.75. The van der Waals surface area contributed by atoms with Gasteiger partial charge in [0.1, 0.15) is 6.61 Å². The van der Waals surface area contributed by atoms with Crippen LogP contribution in [0.3, 0.4) is 0 Å². The lowest BCUT2D eigenvalue weighted by Crippen LogP contribution is -2.03. The summed E-state index contributed by atoms with van der Waals surface area (Å²) >= 11 is 1.56. The fourth-order valence-corrected chi connectivity index (χ4v) is 4.53. The molecule has 158 valence electrons. The zero-order chi connectivity index (χ0) is 22.1. The molecule has 0 saturated heterocycles. The first-order valence-corrected chi connectivity index (χ1v) is 11.8. The van der Waals surface area contributed by atoms with Crippen molar-refractivity contribution in [2.24, 2.45) is 10.2 Å². The molecule has 0 saturated carbocycles. The molecule has 8 heteroatoms. The molecule has 0 amide bonds. The molecule has 0 aliphatic rings. The van der Waals surface area contributed by atoms with Gasteiger partial charge in [-0.3, -0.25) is 0 Å². The van der Waals surface area contributed by atoms with E-state index in [1.807, 2.05) is 24.3 Å². The Morgan fingerprint density at radius 1 is 0.871 bits per heavy atom. The van der Waals surface area contributed by atoms with Gasteiger partial charge in [0.05, 0.1) is 21.2 Å². The minimum absolute atomic E-state index is 0.206. The normalized spacial score (nSPS) is 11.4. The highest BCUT2D eigenvalue weighted by Crippen LogP contribution is 2.26. The van der Waals surface area contributed by atoms with Gasteiger partial charge in [-0.25, -0.2) is 13.2 Å². The number of rotatable bonds is 9. The maximum absolute atomic E-state index is 12.6. The summed E-state index contributed by atoms with van der Waals surface area (Å²) in [6.45, 7) is 3.66. The predicted octanol–water partition coefficient (Wildman–Crippen LogP) is 5.76. The number of carbonyl (C=O) groups is 1. The van der Waals surface area contributed by atoms with Crippen LogP contribution < -0.4 is 0 Å². The molecule has 0 radical (unpaired) electrons. The first-order chi connectivity index (χ1) is 15.0. The van der Waals surface area contributed by atoms with Crippen molar-refractivity contribution in [2.75, 3.05) is 12.4 Å². The number of hydrogen-bond donors (Lipinski definition) is 0. The summed E-state index contributed by atoms with van der Waals surface area (Å²) in [6.07, 6.45) is 1.14. The molecule has 0 atom stereocenters. The third-order valence-electron chi connectivity index (χ3n) is 4.08. The molecular weight excluding hydrogens is 432 g/mol. The molecule has 3 aromatic carbocycles. The second-order valence-electron chi connectivity index (χ2n) is 6.22. The van der Waals surface area contributed by atoms with E-state index < -0.39 is 15.8 Å². The molecule has 3 rings (SSSR count). The zero-order valence-electron chi connectivity index (χ0n) is 16.5. The van der Waals surface area contributed by atoms with Crippen LogP contribution in [0.5, 0.6) is 0 Å². The van der Waals surface area contributed by atoms with Crippen LogP contribution in [0.15, 0.2) is 116 Å². The number of nitrogens with zero attached hydrogens (tertiary/aromatic N) is 2. The molecule has 0 unspecified atom stereocenters. The van der Waals surface area contributed by atoms with Crippen LogP contribution in [0.4, 0.5) is 11.4 Å². The van der Waals surface area contributed by atoms with E-state index in [1.165, 1.54) is 12.1 Å². The number of hydrogen-bond acceptors (Lipinski definition) is 7. The highest BCUT2D eigenvalue weighted by Gasteiger charge is 2.16. The van der Waals surface area contributed by atoms with E-state index in [2.05, 4.69) is 16.8 Å². The Hall–Kier alpha value is -3.23. The number of azo groups is 1. The summed E-state index contributed by atoms with van der Waals surface area (Å²) in [6, 6.07) is 22.0. The van der Waals surface area contributed by atoms with E-state index in [0.29, 0.717) is 23.7 Å². The van der Waals surface area contributed by atoms with Crippen molar-refractivity contribution in [3.05, 3.63) is 91.5 Å². The summed E-state index contributed by atoms with van der Waals surface area (Å²) in [7, 11) is -3.55. The second kappa shape index (κ2) is 10.7. The van der Waals surface area contributed by atoms with E-state index in [0.717, 1.165) is 11.0 Å². The molecular formula is C23H20N2O4S2. The topological polar surface area (TPSA) is 85.2 Å². The highest BCUT2D eigenvalue weighted by molar-refractivity contribution is 7.99. The van der Waals surface area contributed by atoms with Crippen LogP contribution in [0.2, 0.25) is 0 Å². The van der Waals surface area contributed by atoms with Crippen molar-refractivity contribution in [3.63, 3.8) is 0 Å². The second-order valence-corrected chi connectivity index (χ2v) is 9.34. The first kappa shape index (κ1) is 22.5. The van der Waals surface area contributed by atoms with Crippen molar-refractivity contribution >= 4 is 38.9 Å². The predicted molar refractivity (Wildman–Crippen MR) is 121 cm³/mol. The standard InChI is InChI=1S/C23H20N2O4S2/c1-2-23(26)29-16-17-30-20-12-8-18(9-13-20)24-25-19-10-14-22(15-11-19)31(27,28)21-6-4-3-5-7-21/h2-15H,1,16-17H2. The van der Waals surface area contributed by atoms with E-state index in [4.69, 9.17) is 4.74 Å². The molecule has 0 fully saturated rings. The molecule has 0 heterocycles. The van der Waals surface area contributed by atoms with Crippen LogP contribution in [0.25, 0.3) is 0 Å². The molecule has 3 aromatic rings. The Morgan fingerprint density at radius 2 is 1.42 bits per heavy atom. The third-order valence-corrected chi connectivity index (χ3v) is 6.84. The van der Waals surface area contributed by atoms with Gasteiger partial charge in [0.25, 0.3) is 0 Å². The number of esters is 1. The lowest BCUT2D eigenvalue weighted by molar-refractivity contribution is -0.137. The fraction of sp³-hybridized carbons (Fsp3) is 0.0870. The molecule has 0 N–H and O–H groups in total. The average molecular weight is 453 g/mol. The first-order valence-electron chi connectivity index (χ1n) is 9.33. The lowest BCUT2D eigenvalue weighted by Gasteiger charge is -2.04. The molecule has 0 aromatic heterocycles. The number of carbonyl (C=O) groups excluding carboxylic acids is 1. The van der Waals surface area contributed by atoms with E-state index in [-0.39, 0.29) is 9.79 Å². The quantitative estimate of drug-likeness (QED) is 0.136. The maximum atomic E-state index is 12.6. The molecule has 0 aliphatic carbocycles. The minimum atomic E-state index is -3.55. The third kappa shape index (κ3) is 6.37. The molecule has 6 nitrogen and oxygen atoms in total. The summed E-state index contributed by atoms with van der Waals surface area (Å²) in [5.74, 6) is 0.209. The van der Waals surface area contributed by atoms with Crippen LogP contribution in [-0.2, 0) is 19.4 Å². The highest BCUT2D eigenvalue weighted by atomic mass is 32.2. The van der Waals surface area contributed by atoms with Crippen molar-refractivity contribution in [2.45, 2.75) is 14.7 Å². The van der Waals surface area contributed by atoms with Crippen LogP contribution >= 0.6 is 11.8 Å². The number of ether oxygens (including phenoxy) is 1. The monoisotopic (exact) mass is 452 g/mol. The smallest absolute Gasteiger partial charge is 0.330 e. The van der Waals surface area contributed by atoms with Crippen molar-refractivity contribution in [1.29, 1.82) is 0 Å². The van der Waals surface area contributed by atoms with E-state index in [1.54, 1.807) is 54.2 Å². The van der Waals surface area contributed by atoms with E-state index >= 15 is 0 Å². The fourth-order valence-electron chi connectivity index (χ4n) is 2.51. The van der Waals surface area contributed by atoms with Gasteiger partial charge in [-0.15, -0.1) is 11.8 Å². The number of sulfone groups is 1. The Balaban J connectivity index is 1.58. The Bertz CT molecular complexity index is 1160. The molecule has 0 bridgehead atoms. The maximum Gasteiger partial charge on any atom is 0.330 e. The molecule has 0 spiro atoms. The number of thioether (sulfide) groups is 1.